The van der Waals surface area contributed by atoms with E-state index in [1.807, 2.05) is 19.1 Å². The zero-order valence-electron chi connectivity index (χ0n) is 11.0. The number of hydrogen-bond acceptors (Lipinski definition) is 2. The van der Waals surface area contributed by atoms with Crippen LogP contribution in [0, 0.1) is 6.92 Å². The van der Waals surface area contributed by atoms with Gasteiger partial charge in [-0.15, -0.1) is 0 Å². The van der Waals surface area contributed by atoms with Crippen molar-refractivity contribution in [2.45, 2.75) is 19.5 Å². The van der Waals surface area contributed by atoms with Crippen LogP contribution in [0.1, 0.15) is 5.56 Å². The molecule has 0 saturated heterocycles. The number of ether oxygens (including phenoxy) is 2. The summed E-state index contributed by atoms with van der Waals surface area (Å²) in [6.07, 6.45) is -8.44. The fourth-order valence-electron chi connectivity index (χ4n) is 1.60. The van der Waals surface area contributed by atoms with Gasteiger partial charge in [0, 0.05) is 6.07 Å². The molecule has 0 heterocycles. The zero-order chi connectivity index (χ0) is 15.5. The Balaban J connectivity index is 2.17. The van der Waals surface area contributed by atoms with Crippen molar-refractivity contribution >= 4 is 0 Å². The summed E-state index contributed by atoms with van der Waals surface area (Å²) in [4.78, 5) is 0. The molecule has 0 bridgehead atoms. The predicted octanol–water partition coefficient (Wildman–Crippen LogP) is 5.02. The Labute approximate surface area is 118 Å². The van der Waals surface area contributed by atoms with Crippen molar-refractivity contribution in [2.75, 3.05) is 0 Å². The number of hydrogen-bond donors (Lipinski definition) is 0. The molecule has 0 N–H and O–H groups in total. The van der Waals surface area contributed by atoms with Gasteiger partial charge < -0.3 is 9.47 Å². The highest BCUT2D eigenvalue weighted by molar-refractivity contribution is 5.39. The number of para-hydroxylation sites is 1. The quantitative estimate of drug-likeness (QED) is 0.721. The van der Waals surface area contributed by atoms with Crippen LogP contribution in [0.4, 0.5) is 17.6 Å². The number of alkyl halides is 4. The smallest absolute Gasteiger partial charge is 0.457 e. The van der Waals surface area contributed by atoms with E-state index in [-0.39, 0.29) is 5.75 Å². The van der Waals surface area contributed by atoms with Crippen molar-refractivity contribution in [1.82, 2.24) is 0 Å². The third-order valence-electron chi connectivity index (χ3n) is 2.63. The van der Waals surface area contributed by atoms with Gasteiger partial charge in [0.15, 0.2) is 0 Å². The van der Waals surface area contributed by atoms with Gasteiger partial charge in [0.05, 0.1) is 0 Å². The first-order chi connectivity index (χ1) is 9.88. The summed E-state index contributed by atoms with van der Waals surface area (Å²) >= 11 is 0. The fourth-order valence-corrected chi connectivity index (χ4v) is 1.60. The molecule has 2 aromatic carbocycles. The molecular weight excluding hydrogens is 288 g/mol. The average molecular weight is 300 g/mol. The van der Waals surface area contributed by atoms with E-state index in [4.69, 9.17) is 4.74 Å². The Morgan fingerprint density at radius 3 is 2.29 bits per heavy atom. The first-order valence-corrected chi connectivity index (χ1v) is 6.07. The van der Waals surface area contributed by atoms with E-state index >= 15 is 0 Å². The third kappa shape index (κ3) is 3.87. The standard InChI is InChI=1S/C15H12F4O2/c1-10-5-2-3-8-13(10)20-11-6-4-7-12(9-11)21-15(18,19)14(16)17/h2-9,14H,1H3. The largest absolute Gasteiger partial charge is 0.461 e. The molecule has 2 rings (SSSR count). The highest BCUT2D eigenvalue weighted by Gasteiger charge is 2.44. The van der Waals surface area contributed by atoms with Crippen LogP contribution in [0.5, 0.6) is 17.2 Å². The molecule has 0 saturated carbocycles. The minimum Gasteiger partial charge on any atom is -0.457 e. The maximum absolute atomic E-state index is 12.8. The van der Waals surface area contributed by atoms with Gasteiger partial charge in [-0.05, 0) is 30.7 Å². The predicted molar refractivity (Wildman–Crippen MR) is 69.3 cm³/mol. The van der Waals surface area contributed by atoms with Gasteiger partial charge in [0.2, 0.25) is 0 Å². The molecule has 0 fully saturated rings. The molecule has 0 aliphatic rings. The highest BCUT2D eigenvalue weighted by atomic mass is 19.3. The fraction of sp³-hybridized carbons (Fsp3) is 0.200. The minimum atomic E-state index is -4.54. The van der Waals surface area contributed by atoms with Crippen LogP contribution < -0.4 is 9.47 Å². The van der Waals surface area contributed by atoms with Crippen molar-refractivity contribution in [1.29, 1.82) is 0 Å². The Bertz CT molecular complexity index is 614. The van der Waals surface area contributed by atoms with Crippen molar-refractivity contribution in [3.8, 4) is 17.2 Å². The summed E-state index contributed by atoms with van der Waals surface area (Å²) in [7, 11) is 0. The lowest BCUT2D eigenvalue weighted by Crippen LogP contribution is -2.33. The van der Waals surface area contributed by atoms with Crippen molar-refractivity contribution in [3.63, 3.8) is 0 Å². The van der Waals surface area contributed by atoms with Gasteiger partial charge in [-0.25, -0.2) is 0 Å². The highest BCUT2D eigenvalue weighted by Crippen LogP contribution is 2.31. The molecular formula is C15H12F4O2. The first kappa shape index (κ1) is 15.2. The molecule has 21 heavy (non-hydrogen) atoms. The van der Waals surface area contributed by atoms with E-state index in [0.717, 1.165) is 17.7 Å². The molecule has 2 nitrogen and oxygen atoms in total. The van der Waals surface area contributed by atoms with Gasteiger partial charge in [0.25, 0.3) is 0 Å². The SMILES string of the molecule is Cc1ccccc1Oc1cccc(OC(F)(F)C(F)F)c1. The zero-order valence-corrected chi connectivity index (χ0v) is 11.0. The van der Waals surface area contributed by atoms with Crippen LogP contribution in [-0.2, 0) is 0 Å². The van der Waals surface area contributed by atoms with Crippen molar-refractivity contribution < 1.29 is 27.0 Å². The number of halogens is 4. The summed E-state index contributed by atoms with van der Waals surface area (Å²) in [5.41, 5.74) is 0.849. The van der Waals surface area contributed by atoms with Crippen LogP contribution in [0.3, 0.4) is 0 Å². The molecule has 0 radical (unpaired) electrons. The number of rotatable bonds is 5. The summed E-state index contributed by atoms with van der Waals surface area (Å²) in [6, 6.07) is 12.3. The van der Waals surface area contributed by atoms with Crippen LogP contribution in [0.25, 0.3) is 0 Å². The second-order valence-corrected chi connectivity index (χ2v) is 4.31. The van der Waals surface area contributed by atoms with Crippen LogP contribution in [0.15, 0.2) is 48.5 Å². The van der Waals surface area contributed by atoms with Crippen LogP contribution >= 0.6 is 0 Å². The number of benzene rings is 2. The second kappa shape index (κ2) is 6.03. The molecule has 6 heteroatoms. The van der Waals surface area contributed by atoms with Crippen molar-refractivity contribution in [3.05, 3.63) is 54.1 Å². The molecule has 112 valence electrons. The summed E-state index contributed by atoms with van der Waals surface area (Å²) in [5.74, 6) is 0.355. The molecule has 2 aromatic rings. The number of aryl methyl sites for hydroxylation is 1. The second-order valence-electron chi connectivity index (χ2n) is 4.31. The van der Waals surface area contributed by atoms with Crippen LogP contribution in [-0.4, -0.2) is 12.5 Å². The Morgan fingerprint density at radius 2 is 1.62 bits per heavy atom. The minimum absolute atomic E-state index is 0.215. The first-order valence-electron chi connectivity index (χ1n) is 6.07. The van der Waals surface area contributed by atoms with E-state index in [1.165, 1.54) is 12.1 Å². The lowest BCUT2D eigenvalue weighted by Gasteiger charge is -2.17. The topological polar surface area (TPSA) is 18.5 Å². The lowest BCUT2D eigenvalue weighted by atomic mass is 10.2. The molecule has 0 atom stereocenters. The lowest BCUT2D eigenvalue weighted by molar-refractivity contribution is -0.253. The summed E-state index contributed by atoms with van der Waals surface area (Å²) in [6.45, 7) is 1.82. The van der Waals surface area contributed by atoms with E-state index in [0.29, 0.717) is 5.75 Å². The summed E-state index contributed by atoms with van der Waals surface area (Å²) < 4.78 is 59.4. The molecule has 0 spiro atoms. The van der Waals surface area contributed by atoms with Gasteiger partial charge >= 0.3 is 12.5 Å². The maximum Gasteiger partial charge on any atom is 0.461 e. The van der Waals surface area contributed by atoms with Gasteiger partial charge in [0.1, 0.15) is 17.2 Å². The van der Waals surface area contributed by atoms with Gasteiger partial charge in [-0.3, -0.25) is 0 Å². The monoisotopic (exact) mass is 300 g/mol. The Morgan fingerprint density at radius 1 is 0.952 bits per heavy atom. The molecule has 0 amide bonds. The molecule has 0 aromatic heterocycles. The molecule has 0 aliphatic heterocycles. The van der Waals surface area contributed by atoms with Gasteiger partial charge in [-0.2, -0.15) is 17.6 Å². The summed E-state index contributed by atoms with van der Waals surface area (Å²) in [5, 5.41) is 0. The van der Waals surface area contributed by atoms with Crippen molar-refractivity contribution in [2.24, 2.45) is 0 Å². The van der Waals surface area contributed by atoms with E-state index in [1.54, 1.807) is 12.1 Å². The van der Waals surface area contributed by atoms with Gasteiger partial charge in [-0.1, -0.05) is 24.3 Å². The van der Waals surface area contributed by atoms with E-state index < -0.39 is 18.3 Å². The maximum atomic E-state index is 12.8. The van der Waals surface area contributed by atoms with E-state index in [9.17, 15) is 17.6 Å². The average Bonchev–Trinajstić information content (AvgIpc) is 2.41. The van der Waals surface area contributed by atoms with E-state index in [2.05, 4.69) is 4.74 Å². The normalized spacial score (nSPS) is 11.5. The van der Waals surface area contributed by atoms with Crippen LogP contribution in [0.2, 0.25) is 0 Å². The third-order valence-corrected chi connectivity index (χ3v) is 2.63. The molecule has 0 aliphatic carbocycles. The Hall–Kier alpha value is -2.24. The Kier molecular flexibility index (Phi) is 4.35. The molecule has 0 unspecified atom stereocenters.